The molecule has 1 rings (SSSR count). The summed E-state index contributed by atoms with van der Waals surface area (Å²) >= 11 is 0. The maximum absolute atomic E-state index is 12.2. The summed E-state index contributed by atoms with van der Waals surface area (Å²) < 4.78 is 0. The summed E-state index contributed by atoms with van der Waals surface area (Å²) in [6, 6.07) is 0. The SMILES string of the molecule is CCCCC(C)(C)[C@H](O)C=C[C@H]1[C@H](O)CC(=O)[C@@H]1CCCCC=CC(=O)O. The lowest BCUT2D eigenvalue weighted by molar-refractivity contribution is -0.131. The van der Waals surface area contributed by atoms with Crippen molar-refractivity contribution in [1.82, 2.24) is 0 Å². The molecule has 1 fully saturated rings. The first-order chi connectivity index (χ1) is 12.7. The maximum Gasteiger partial charge on any atom is 0.327 e. The fourth-order valence-electron chi connectivity index (χ4n) is 3.68. The minimum atomic E-state index is -0.949. The van der Waals surface area contributed by atoms with Crippen LogP contribution in [-0.2, 0) is 9.59 Å². The van der Waals surface area contributed by atoms with E-state index >= 15 is 0 Å². The normalized spacial score (nSPS) is 24.9. The monoisotopic (exact) mass is 380 g/mol. The molecule has 5 nitrogen and oxygen atoms in total. The van der Waals surface area contributed by atoms with E-state index in [9.17, 15) is 19.8 Å². The van der Waals surface area contributed by atoms with Crippen LogP contribution in [0, 0.1) is 17.3 Å². The van der Waals surface area contributed by atoms with E-state index < -0.39 is 18.2 Å². The quantitative estimate of drug-likeness (QED) is 0.271. The van der Waals surface area contributed by atoms with Crippen LogP contribution in [0.25, 0.3) is 0 Å². The lowest BCUT2D eigenvalue weighted by Crippen LogP contribution is -2.28. The number of hydrogen-bond acceptors (Lipinski definition) is 4. The van der Waals surface area contributed by atoms with Crippen molar-refractivity contribution in [2.75, 3.05) is 0 Å². The zero-order valence-corrected chi connectivity index (χ0v) is 16.9. The number of carboxylic acid groups (broad SMARTS) is 1. The molecule has 0 aromatic carbocycles. The summed E-state index contributed by atoms with van der Waals surface area (Å²) in [5, 5.41) is 29.3. The van der Waals surface area contributed by atoms with Crippen molar-refractivity contribution in [2.45, 2.75) is 84.3 Å². The molecule has 0 saturated heterocycles. The van der Waals surface area contributed by atoms with E-state index in [0.717, 1.165) is 38.2 Å². The lowest BCUT2D eigenvalue weighted by Gasteiger charge is -2.29. The number of carbonyl (C=O) groups excluding carboxylic acids is 1. The van der Waals surface area contributed by atoms with Crippen molar-refractivity contribution in [3.05, 3.63) is 24.3 Å². The smallest absolute Gasteiger partial charge is 0.327 e. The fourth-order valence-corrected chi connectivity index (χ4v) is 3.68. The van der Waals surface area contributed by atoms with Crippen molar-refractivity contribution >= 4 is 11.8 Å². The van der Waals surface area contributed by atoms with E-state index in [-0.39, 0.29) is 29.5 Å². The van der Waals surface area contributed by atoms with Gasteiger partial charge in [0.2, 0.25) is 0 Å². The zero-order chi connectivity index (χ0) is 20.4. The Hall–Kier alpha value is -1.46. The van der Waals surface area contributed by atoms with Crippen LogP contribution >= 0.6 is 0 Å². The number of unbranched alkanes of at least 4 members (excludes halogenated alkanes) is 3. The van der Waals surface area contributed by atoms with Gasteiger partial charge in [-0.2, -0.15) is 0 Å². The molecule has 0 unspecified atom stereocenters. The second-order valence-corrected chi connectivity index (χ2v) is 8.37. The first-order valence-corrected chi connectivity index (χ1v) is 10.2. The summed E-state index contributed by atoms with van der Waals surface area (Å²) in [5.41, 5.74) is -0.230. The van der Waals surface area contributed by atoms with Gasteiger partial charge in [0.05, 0.1) is 12.2 Å². The average Bonchev–Trinajstić information content (AvgIpc) is 2.86. The first kappa shape index (κ1) is 23.6. The lowest BCUT2D eigenvalue weighted by atomic mass is 9.80. The van der Waals surface area contributed by atoms with E-state index in [2.05, 4.69) is 6.92 Å². The van der Waals surface area contributed by atoms with E-state index in [1.54, 1.807) is 12.2 Å². The van der Waals surface area contributed by atoms with E-state index in [1.807, 2.05) is 19.9 Å². The highest BCUT2D eigenvalue weighted by atomic mass is 16.4. The number of Topliss-reactive ketones (excluding diaryl/α,β-unsaturated/α-hetero) is 1. The molecule has 0 radical (unpaired) electrons. The van der Waals surface area contributed by atoms with Crippen LogP contribution in [-0.4, -0.2) is 39.3 Å². The molecule has 5 heteroatoms. The minimum Gasteiger partial charge on any atom is -0.478 e. The predicted octanol–water partition coefficient (Wildman–Crippen LogP) is 3.89. The molecule has 4 atom stereocenters. The van der Waals surface area contributed by atoms with Gasteiger partial charge in [-0.25, -0.2) is 4.79 Å². The Bertz CT molecular complexity index is 535. The second-order valence-electron chi connectivity index (χ2n) is 8.37. The Kier molecular flexibility index (Phi) is 9.95. The molecule has 0 aliphatic heterocycles. The summed E-state index contributed by atoms with van der Waals surface area (Å²) in [7, 11) is 0. The molecule has 27 heavy (non-hydrogen) atoms. The summed E-state index contributed by atoms with van der Waals surface area (Å²) in [6.07, 6.45) is 11.3. The molecule has 1 saturated carbocycles. The molecule has 1 aliphatic carbocycles. The molecular weight excluding hydrogens is 344 g/mol. The largest absolute Gasteiger partial charge is 0.478 e. The van der Waals surface area contributed by atoms with Crippen LogP contribution in [0.2, 0.25) is 0 Å². The number of aliphatic hydroxyl groups is 2. The van der Waals surface area contributed by atoms with Crippen molar-refractivity contribution in [3.63, 3.8) is 0 Å². The fraction of sp³-hybridized carbons (Fsp3) is 0.727. The number of rotatable bonds is 12. The molecule has 0 heterocycles. The van der Waals surface area contributed by atoms with Crippen molar-refractivity contribution < 1.29 is 24.9 Å². The third-order valence-electron chi connectivity index (χ3n) is 5.62. The highest BCUT2D eigenvalue weighted by Crippen LogP contribution is 2.35. The molecular formula is C22H36O5. The molecule has 0 amide bonds. The number of carbonyl (C=O) groups is 2. The van der Waals surface area contributed by atoms with Crippen LogP contribution in [0.3, 0.4) is 0 Å². The third-order valence-corrected chi connectivity index (χ3v) is 5.62. The average molecular weight is 381 g/mol. The van der Waals surface area contributed by atoms with Gasteiger partial charge in [-0.15, -0.1) is 0 Å². The van der Waals surface area contributed by atoms with E-state index in [4.69, 9.17) is 5.11 Å². The third kappa shape index (κ3) is 7.97. The number of ketones is 1. The summed E-state index contributed by atoms with van der Waals surface area (Å²) in [6.45, 7) is 6.20. The van der Waals surface area contributed by atoms with Gasteiger partial charge < -0.3 is 15.3 Å². The standard InChI is InChI=1S/C22H36O5/c1-4-5-14-22(2,3)20(25)13-12-17-16(18(23)15-19(17)24)10-8-6-7-9-11-21(26)27/h9,11-13,16-17,19-20,24-25H,4-8,10,14-15H2,1-3H3,(H,26,27)/t16-,17-,19-,20-/m1/s1. The van der Waals surface area contributed by atoms with Crippen LogP contribution in [0.1, 0.15) is 72.1 Å². The van der Waals surface area contributed by atoms with Crippen molar-refractivity contribution in [3.8, 4) is 0 Å². The van der Waals surface area contributed by atoms with Crippen LogP contribution in [0.5, 0.6) is 0 Å². The van der Waals surface area contributed by atoms with Crippen LogP contribution < -0.4 is 0 Å². The molecule has 1 aliphatic rings. The molecule has 0 aromatic heterocycles. The maximum atomic E-state index is 12.2. The molecule has 3 N–H and O–H groups in total. The van der Waals surface area contributed by atoms with Gasteiger partial charge >= 0.3 is 5.97 Å². The highest BCUT2D eigenvalue weighted by molar-refractivity contribution is 5.84. The predicted molar refractivity (Wildman–Crippen MR) is 106 cm³/mol. The molecule has 154 valence electrons. The van der Waals surface area contributed by atoms with Gasteiger partial charge in [0.15, 0.2) is 0 Å². The Morgan fingerprint density at radius 3 is 2.63 bits per heavy atom. The topological polar surface area (TPSA) is 94.8 Å². The van der Waals surface area contributed by atoms with Gasteiger partial charge in [-0.05, 0) is 31.1 Å². The second kappa shape index (κ2) is 11.4. The molecule has 0 bridgehead atoms. The Labute approximate surface area is 163 Å². The van der Waals surface area contributed by atoms with Crippen molar-refractivity contribution in [1.29, 1.82) is 0 Å². The van der Waals surface area contributed by atoms with Gasteiger partial charge in [0.1, 0.15) is 5.78 Å². The van der Waals surface area contributed by atoms with Crippen LogP contribution in [0.15, 0.2) is 24.3 Å². The Balaban J connectivity index is 2.60. The number of aliphatic carboxylic acids is 1. The summed E-state index contributed by atoms with van der Waals surface area (Å²) in [5.74, 6) is -1.33. The first-order valence-electron chi connectivity index (χ1n) is 10.2. The van der Waals surface area contributed by atoms with E-state index in [1.165, 1.54) is 0 Å². The van der Waals surface area contributed by atoms with E-state index in [0.29, 0.717) is 12.8 Å². The van der Waals surface area contributed by atoms with Gasteiger partial charge in [-0.1, -0.05) is 58.3 Å². The van der Waals surface area contributed by atoms with Gasteiger partial charge in [0, 0.05) is 24.3 Å². The molecule has 0 spiro atoms. The Morgan fingerprint density at radius 2 is 2.00 bits per heavy atom. The van der Waals surface area contributed by atoms with Crippen LogP contribution in [0.4, 0.5) is 0 Å². The minimum absolute atomic E-state index is 0.0814. The zero-order valence-electron chi connectivity index (χ0n) is 16.9. The van der Waals surface area contributed by atoms with Gasteiger partial charge in [-0.3, -0.25) is 4.79 Å². The number of aliphatic hydroxyl groups excluding tert-OH is 2. The number of allylic oxidation sites excluding steroid dienone is 1. The number of hydrogen-bond donors (Lipinski definition) is 3. The summed E-state index contributed by atoms with van der Waals surface area (Å²) in [4.78, 5) is 22.7. The Morgan fingerprint density at radius 1 is 1.30 bits per heavy atom. The van der Waals surface area contributed by atoms with Crippen molar-refractivity contribution in [2.24, 2.45) is 17.3 Å². The van der Waals surface area contributed by atoms with Gasteiger partial charge in [0.25, 0.3) is 0 Å². The highest BCUT2D eigenvalue weighted by Gasteiger charge is 2.39. The number of carboxylic acids is 1. The molecule has 0 aromatic rings.